The van der Waals surface area contributed by atoms with Crippen molar-refractivity contribution < 1.29 is 5.11 Å². The fourth-order valence-electron chi connectivity index (χ4n) is 1.58. The van der Waals surface area contributed by atoms with Gasteiger partial charge >= 0.3 is 0 Å². The summed E-state index contributed by atoms with van der Waals surface area (Å²) in [6.07, 6.45) is 1.16. The number of aliphatic hydroxyl groups excluding tert-OH is 1. The number of hydrogen-bond acceptors (Lipinski definition) is 2. The molecule has 0 amide bonds. The molecule has 0 fully saturated rings. The highest BCUT2D eigenvalue weighted by Gasteiger charge is 2.12. The Morgan fingerprint density at radius 3 is 2.39 bits per heavy atom. The molecular formula is C13H10Cl3NO. The molecule has 5 heteroatoms. The van der Waals surface area contributed by atoms with E-state index < -0.39 is 6.10 Å². The molecule has 2 rings (SSSR count). The van der Waals surface area contributed by atoms with E-state index in [1.807, 2.05) is 0 Å². The third kappa shape index (κ3) is 3.36. The predicted molar refractivity (Wildman–Crippen MR) is 74.4 cm³/mol. The van der Waals surface area contributed by atoms with Crippen molar-refractivity contribution in [3.8, 4) is 0 Å². The van der Waals surface area contributed by atoms with Crippen LogP contribution in [0, 0.1) is 0 Å². The summed E-state index contributed by atoms with van der Waals surface area (Å²) >= 11 is 17.6. The van der Waals surface area contributed by atoms with Gasteiger partial charge in [-0.2, -0.15) is 0 Å². The van der Waals surface area contributed by atoms with Crippen LogP contribution in [0.25, 0.3) is 0 Å². The Morgan fingerprint density at radius 1 is 1.06 bits per heavy atom. The van der Waals surface area contributed by atoms with Crippen LogP contribution in [0.15, 0.2) is 36.5 Å². The van der Waals surface area contributed by atoms with Gasteiger partial charge in [-0.05, 0) is 29.8 Å². The first-order chi connectivity index (χ1) is 8.56. The number of nitrogens with zero attached hydrogens (tertiary/aromatic N) is 1. The van der Waals surface area contributed by atoms with Crippen LogP contribution in [0.3, 0.4) is 0 Å². The zero-order chi connectivity index (χ0) is 13.1. The number of rotatable bonds is 3. The zero-order valence-corrected chi connectivity index (χ0v) is 11.5. The summed E-state index contributed by atoms with van der Waals surface area (Å²) in [5.41, 5.74) is 1.38. The molecule has 0 radical (unpaired) electrons. The first-order valence-corrected chi connectivity index (χ1v) is 6.43. The summed E-state index contributed by atoms with van der Waals surface area (Å²) in [5, 5.41) is 11.7. The number of aromatic nitrogens is 1. The van der Waals surface area contributed by atoms with Gasteiger partial charge in [0.05, 0.1) is 16.8 Å². The molecule has 1 unspecified atom stereocenters. The molecule has 94 valence electrons. The van der Waals surface area contributed by atoms with Crippen molar-refractivity contribution >= 4 is 34.8 Å². The number of benzene rings is 1. The van der Waals surface area contributed by atoms with E-state index in [4.69, 9.17) is 34.8 Å². The second-order valence-electron chi connectivity index (χ2n) is 3.86. The van der Waals surface area contributed by atoms with Crippen molar-refractivity contribution in [1.82, 2.24) is 4.98 Å². The predicted octanol–water partition coefficient (Wildman–Crippen LogP) is 4.32. The lowest BCUT2D eigenvalue weighted by molar-refractivity contribution is 0.173. The SMILES string of the molecule is OC(Cc1ccc(Cl)cc1Cl)c1ccc(Cl)cn1. The highest BCUT2D eigenvalue weighted by Crippen LogP contribution is 2.25. The molecule has 2 nitrogen and oxygen atoms in total. The maximum Gasteiger partial charge on any atom is 0.1000 e. The number of hydrogen-bond donors (Lipinski definition) is 1. The molecule has 0 spiro atoms. The molecule has 1 aromatic carbocycles. The van der Waals surface area contributed by atoms with Gasteiger partial charge in [0.2, 0.25) is 0 Å². The van der Waals surface area contributed by atoms with Crippen LogP contribution in [0.4, 0.5) is 0 Å². The average Bonchev–Trinajstić information content (AvgIpc) is 2.33. The standard InChI is InChI=1S/C13H10Cl3NO/c14-9-2-1-8(11(16)6-9)5-13(18)12-4-3-10(15)7-17-12/h1-4,6-7,13,18H,5H2. The molecule has 1 aromatic heterocycles. The summed E-state index contributed by atoms with van der Waals surface area (Å²) in [6.45, 7) is 0. The second-order valence-corrected chi connectivity index (χ2v) is 5.14. The van der Waals surface area contributed by atoms with E-state index in [0.29, 0.717) is 27.2 Å². The minimum atomic E-state index is -0.721. The molecule has 1 atom stereocenters. The van der Waals surface area contributed by atoms with Crippen molar-refractivity contribution in [1.29, 1.82) is 0 Å². The topological polar surface area (TPSA) is 33.1 Å². The van der Waals surface area contributed by atoms with Gasteiger partial charge in [0.25, 0.3) is 0 Å². The molecule has 0 aliphatic heterocycles. The Bertz CT molecular complexity index is 542. The van der Waals surface area contributed by atoms with Crippen LogP contribution in [0.2, 0.25) is 15.1 Å². The van der Waals surface area contributed by atoms with Crippen LogP contribution >= 0.6 is 34.8 Å². The Balaban J connectivity index is 2.15. The monoisotopic (exact) mass is 301 g/mol. The van der Waals surface area contributed by atoms with E-state index in [1.165, 1.54) is 6.20 Å². The molecule has 2 aromatic rings. The fourth-order valence-corrected chi connectivity index (χ4v) is 2.18. The van der Waals surface area contributed by atoms with Gasteiger partial charge in [0.1, 0.15) is 0 Å². The third-order valence-corrected chi connectivity index (χ3v) is 3.33. The second kappa shape index (κ2) is 5.89. The van der Waals surface area contributed by atoms with Gasteiger partial charge in [0.15, 0.2) is 0 Å². The van der Waals surface area contributed by atoms with E-state index in [2.05, 4.69) is 4.98 Å². The number of halogens is 3. The largest absolute Gasteiger partial charge is 0.386 e. The van der Waals surface area contributed by atoms with Gasteiger partial charge in [0, 0.05) is 22.7 Å². The number of aliphatic hydroxyl groups is 1. The van der Waals surface area contributed by atoms with Gasteiger partial charge in [-0.15, -0.1) is 0 Å². The van der Waals surface area contributed by atoms with Gasteiger partial charge < -0.3 is 5.11 Å². The third-order valence-electron chi connectivity index (χ3n) is 2.52. The first-order valence-electron chi connectivity index (χ1n) is 5.29. The minimum absolute atomic E-state index is 0.380. The minimum Gasteiger partial charge on any atom is -0.386 e. The molecule has 18 heavy (non-hydrogen) atoms. The van der Waals surface area contributed by atoms with Crippen molar-refractivity contribution in [3.63, 3.8) is 0 Å². The van der Waals surface area contributed by atoms with Crippen LogP contribution in [0.1, 0.15) is 17.4 Å². The van der Waals surface area contributed by atoms with Gasteiger partial charge in [-0.3, -0.25) is 4.98 Å². The van der Waals surface area contributed by atoms with Gasteiger partial charge in [-0.25, -0.2) is 0 Å². The maximum atomic E-state index is 10.1. The summed E-state index contributed by atoms with van der Waals surface area (Å²) in [6, 6.07) is 8.57. The van der Waals surface area contributed by atoms with E-state index in [9.17, 15) is 5.11 Å². The molecular weight excluding hydrogens is 293 g/mol. The van der Waals surface area contributed by atoms with Crippen molar-refractivity contribution in [2.45, 2.75) is 12.5 Å². The molecule has 0 bridgehead atoms. The van der Waals surface area contributed by atoms with Crippen molar-refractivity contribution in [3.05, 3.63) is 62.9 Å². The summed E-state index contributed by atoms with van der Waals surface area (Å²) in [5.74, 6) is 0. The lowest BCUT2D eigenvalue weighted by atomic mass is 10.1. The summed E-state index contributed by atoms with van der Waals surface area (Å²) < 4.78 is 0. The lowest BCUT2D eigenvalue weighted by Gasteiger charge is -2.11. The van der Waals surface area contributed by atoms with E-state index in [-0.39, 0.29) is 0 Å². The van der Waals surface area contributed by atoms with Crippen LogP contribution in [-0.4, -0.2) is 10.1 Å². The van der Waals surface area contributed by atoms with Crippen LogP contribution in [-0.2, 0) is 6.42 Å². The Kier molecular flexibility index (Phi) is 4.46. The quantitative estimate of drug-likeness (QED) is 0.916. The summed E-state index contributed by atoms with van der Waals surface area (Å²) in [4.78, 5) is 4.07. The van der Waals surface area contributed by atoms with E-state index >= 15 is 0 Å². The number of pyridine rings is 1. The van der Waals surface area contributed by atoms with Gasteiger partial charge in [-0.1, -0.05) is 40.9 Å². The van der Waals surface area contributed by atoms with Crippen LogP contribution < -0.4 is 0 Å². The smallest absolute Gasteiger partial charge is 0.1000 e. The molecule has 1 N–H and O–H groups in total. The highest BCUT2D eigenvalue weighted by atomic mass is 35.5. The highest BCUT2D eigenvalue weighted by molar-refractivity contribution is 6.35. The fraction of sp³-hybridized carbons (Fsp3) is 0.154. The Labute approximate surface area is 120 Å². The van der Waals surface area contributed by atoms with E-state index in [1.54, 1.807) is 30.3 Å². The molecule has 0 aliphatic carbocycles. The lowest BCUT2D eigenvalue weighted by Crippen LogP contribution is -2.04. The Hall–Kier alpha value is -0.800. The molecule has 0 saturated carbocycles. The zero-order valence-electron chi connectivity index (χ0n) is 9.28. The van der Waals surface area contributed by atoms with E-state index in [0.717, 1.165) is 5.56 Å². The maximum absolute atomic E-state index is 10.1. The normalized spacial score (nSPS) is 12.4. The first kappa shape index (κ1) is 13.6. The molecule has 0 saturated heterocycles. The van der Waals surface area contributed by atoms with Crippen molar-refractivity contribution in [2.24, 2.45) is 0 Å². The average molecular weight is 303 g/mol. The van der Waals surface area contributed by atoms with Crippen molar-refractivity contribution in [2.75, 3.05) is 0 Å². The molecule has 0 aliphatic rings. The summed E-state index contributed by atoms with van der Waals surface area (Å²) in [7, 11) is 0. The Morgan fingerprint density at radius 2 is 1.78 bits per heavy atom. The van der Waals surface area contributed by atoms with Crippen LogP contribution in [0.5, 0.6) is 0 Å². The molecule has 1 heterocycles.